The number of rotatable bonds is 9. The lowest BCUT2D eigenvalue weighted by molar-refractivity contribution is -0.0203. The van der Waals surface area contributed by atoms with Crippen LogP contribution in [0.15, 0.2) is 0 Å². The summed E-state index contributed by atoms with van der Waals surface area (Å²) in [5.74, 6) is 0. The Morgan fingerprint density at radius 2 is 1.83 bits per heavy atom. The van der Waals surface area contributed by atoms with Gasteiger partial charge >= 0.3 is 15.6 Å². The van der Waals surface area contributed by atoms with E-state index in [0.29, 0.717) is 6.42 Å². The summed E-state index contributed by atoms with van der Waals surface area (Å²) in [4.78, 5) is 35.8. The average molecular weight is 398 g/mol. The first-order valence-corrected chi connectivity index (χ1v) is 11.4. The molecule has 0 amide bonds. The van der Waals surface area contributed by atoms with Gasteiger partial charge in [-0.1, -0.05) is 13.3 Å². The molecule has 14 heteroatoms. The van der Waals surface area contributed by atoms with Gasteiger partial charge in [-0.05, 0) is 12.7 Å². The topological polar surface area (TPSA) is 172 Å². The molecule has 1 heterocycles. The van der Waals surface area contributed by atoms with Gasteiger partial charge in [0.15, 0.2) is 0 Å². The molecular weight excluding hydrogens is 377 g/mol. The van der Waals surface area contributed by atoms with Gasteiger partial charge < -0.3 is 33.9 Å². The molecular formula is C9H21O11P3. The lowest BCUT2D eigenvalue weighted by Gasteiger charge is -2.23. The molecule has 0 spiro atoms. The summed E-state index contributed by atoms with van der Waals surface area (Å²) in [5.41, 5.74) is 0. The number of aliphatic hydroxyl groups excluding tert-OH is 1. The summed E-state index contributed by atoms with van der Waals surface area (Å²) in [6.07, 6.45) is 3.22. The number of phosphoric acid groups is 2. The molecule has 11 nitrogen and oxygen atoms in total. The van der Waals surface area contributed by atoms with Crippen LogP contribution in [0.25, 0.3) is 0 Å². The predicted molar refractivity (Wildman–Crippen MR) is 80.4 cm³/mol. The van der Waals surface area contributed by atoms with Gasteiger partial charge in [0.1, 0.15) is 6.10 Å². The monoisotopic (exact) mass is 398 g/mol. The number of aliphatic hydroxyl groups is 1. The molecule has 1 saturated heterocycles. The summed E-state index contributed by atoms with van der Waals surface area (Å²) in [6.45, 7) is 1.57. The number of ether oxygens (including phenoxy) is 1. The van der Waals surface area contributed by atoms with Gasteiger partial charge in [-0.25, -0.2) is 13.4 Å². The Morgan fingerprint density at radius 3 is 2.35 bits per heavy atom. The summed E-state index contributed by atoms with van der Waals surface area (Å²) in [6, 6.07) is 0. The Labute approximate surface area is 133 Å². The largest absolute Gasteiger partial charge is 0.487 e. The van der Waals surface area contributed by atoms with Crippen LogP contribution in [0.3, 0.4) is 0 Å². The van der Waals surface area contributed by atoms with E-state index in [1.54, 1.807) is 0 Å². The third kappa shape index (κ3) is 8.36. The van der Waals surface area contributed by atoms with Gasteiger partial charge in [0.25, 0.3) is 7.57 Å². The minimum atomic E-state index is -5.32. The van der Waals surface area contributed by atoms with Crippen LogP contribution in [0.2, 0.25) is 0 Å². The van der Waals surface area contributed by atoms with Gasteiger partial charge in [-0.3, -0.25) is 0 Å². The predicted octanol–water partition coefficient (Wildman–Crippen LogP) is 0.735. The molecule has 0 bridgehead atoms. The molecule has 0 saturated carbocycles. The molecule has 3 unspecified atom stereocenters. The highest BCUT2D eigenvalue weighted by Crippen LogP contribution is 2.66. The van der Waals surface area contributed by atoms with Gasteiger partial charge in [0, 0.05) is 6.42 Å². The maximum atomic E-state index is 11.3. The average Bonchev–Trinajstić information content (AvgIpc) is 2.63. The maximum Gasteiger partial charge on any atom is 0.487 e. The molecule has 0 aromatic heterocycles. The first kappa shape index (κ1) is 21.4. The van der Waals surface area contributed by atoms with E-state index in [4.69, 9.17) is 23.9 Å². The molecule has 23 heavy (non-hydrogen) atoms. The first-order chi connectivity index (χ1) is 10.3. The first-order valence-electron chi connectivity index (χ1n) is 6.59. The van der Waals surface area contributed by atoms with E-state index in [1.807, 2.05) is 6.92 Å². The van der Waals surface area contributed by atoms with Gasteiger partial charge in [0.05, 0.1) is 18.8 Å². The molecule has 1 rings (SSSR count). The van der Waals surface area contributed by atoms with E-state index in [0.717, 1.165) is 12.8 Å². The standard InChI is InChI=1S/C9H21O11P3/c1-3-4-7-5-8(10)9(18-7)6-17-21(2,11)19-23(15,16)20-22(12,13)14/h7-11H,2-6H2,1H3,(H,15,16)(H2,12,13,14)/t7-,8?,9+,21?/m0/s1. The second-order valence-electron chi connectivity index (χ2n) is 4.94. The van der Waals surface area contributed by atoms with Crippen molar-refractivity contribution >= 4 is 29.5 Å². The van der Waals surface area contributed by atoms with E-state index < -0.39 is 35.4 Å². The smallest absolute Gasteiger partial charge is 0.390 e. The minimum Gasteiger partial charge on any atom is -0.390 e. The number of hydrogen-bond acceptors (Lipinski definition) is 8. The van der Waals surface area contributed by atoms with Crippen molar-refractivity contribution in [2.45, 2.75) is 44.5 Å². The molecule has 1 aliphatic rings. The minimum absolute atomic E-state index is 0.164. The highest BCUT2D eigenvalue weighted by Gasteiger charge is 2.39. The lowest BCUT2D eigenvalue weighted by Crippen LogP contribution is -2.26. The second kappa shape index (κ2) is 8.19. The van der Waals surface area contributed by atoms with Crippen molar-refractivity contribution in [1.82, 2.24) is 0 Å². The SMILES string of the molecule is C=P(O)(OC[C@H]1O[C@@H](CCC)CC1O)OP(=O)(O)OP(=O)(O)O. The fraction of sp³-hybridized carbons (Fsp3) is 0.889. The van der Waals surface area contributed by atoms with E-state index in [2.05, 4.69) is 14.9 Å². The van der Waals surface area contributed by atoms with E-state index >= 15 is 0 Å². The van der Waals surface area contributed by atoms with Crippen LogP contribution in [0, 0.1) is 0 Å². The van der Waals surface area contributed by atoms with Crippen LogP contribution >= 0.6 is 23.2 Å². The number of hydrogen-bond donors (Lipinski definition) is 5. The van der Waals surface area contributed by atoms with Crippen molar-refractivity contribution < 1.29 is 51.7 Å². The molecule has 1 aliphatic heterocycles. The lowest BCUT2D eigenvalue weighted by atomic mass is 10.1. The summed E-state index contributed by atoms with van der Waals surface area (Å²) in [7, 11) is -14.8. The van der Waals surface area contributed by atoms with Crippen molar-refractivity contribution in [1.29, 1.82) is 0 Å². The van der Waals surface area contributed by atoms with Crippen LogP contribution in [-0.4, -0.2) is 55.9 Å². The highest BCUT2D eigenvalue weighted by atomic mass is 31.3. The van der Waals surface area contributed by atoms with Crippen LogP contribution < -0.4 is 0 Å². The van der Waals surface area contributed by atoms with Crippen LogP contribution in [0.5, 0.6) is 0 Å². The summed E-state index contributed by atoms with van der Waals surface area (Å²) >= 11 is 0. The summed E-state index contributed by atoms with van der Waals surface area (Å²) < 4.78 is 39.9. The zero-order chi connectivity index (χ0) is 17.9. The molecule has 0 aliphatic carbocycles. The molecule has 138 valence electrons. The van der Waals surface area contributed by atoms with Gasteiger partial charge in [-0.15, -0.1) is 0 Å². The Bertz CT molecular complexity index is 531. The zero-order valence-corrected chi connectivity index (χ0v) is 15.0. The fourth-order valence-electron chi connectivity index (χ4n) is 2.00. The maximum absolute atomic E-state index is 11.3. The second-order valence-corrected chi connectivity index (χ2v) is 9.70. The molecule has 5 atom stereocenters. The molecule has 5 N–H and O–H groups in total. The van der Waals surface area contributed by atoms with Crippen LogP contribution in [-0.2, 0) is 27.0 Å². The quantitative estimate of drug-likeness (QED) is 0.347. The van der Waals surface area contributed by atoms with Crippen LogP contribution in [0.4, 0.5) is 0 Å². The Kier molecular flexibility index (Phi) is 7.63. The van der Waals surface area contributed by atoms with Crippen LogP contribution in [0.1, 0.15) is 26.2 Å². The van der Waals surface area contributed by atoms with E-state index in [1.165, 1.54) is 0 Å². The van der Waals surface area contributed by atoms with Crippen molar-refractivity contribution in [2.24, 2.45) is 0 Å². The van der Waals surface area contributed by atoms with Gasteiger partial charge in [-0.2, -0.15) is 4.31 Å². The highest BCUT2D eigenvalue weighted by molar-refractivity contribution is 7.70. The third-order valence-electron chi connectivity index (χ3n) is 2.79. The van der Waals surface area contributed by atoms with E-state index in [9.17, 15) is 19.1 Å². The zero-order valence-electron chi connectivity index (χ0n) is 12.3. The molecule has 1 fully saturated rings. The van der Waals surface area contributed by atoms with Crippen molar-refractivity contribution in [3.63, 3.8) is 0 Å². The third-order valence-corrected chi connectivity index (χ3v) is 6.87. The van der Waals surface area contributed by atoms with Crippen molar-refractivity contribution in [3.8, 4) is 0 Å². The Balaban J connectivity index is 2.54. The Hall–Kier alpha value is 0.400. The fourth-order valence-corrected chi connectivity index (χ4v) is 5.32. The van der Waals surface area contributed by atoms with Crippen molar-refractivity contribution in [3.05, 3.63) is 0 Å². The summed E-state index contributed by atoms with van der Waals surface area (Å²) in [5, 5.41) is 9.80. The molecule has 0 aromatic rings. The van der Waals surface area contributed by atoms with Gasteiger partial charge in [0.2, 0.25) is 0 Å². The van der Waals surface area contributed by atoms with E-state index in [-0.39, 0.29) is 12.7 Å². The molecule has 0 radical (unpaired) electrons. The van der Waals surface area contributed by atoms with Crippen molar-refractivity contribution in [2.75, 3.05) is 6.61 Å². The molecule has 0 aromatic carbocycles. The Morgan fingerprint density at radius 1 is 1.22 bits per heavy atom. The normalized spacial score (nSPS) is 30.8.